The Morgan fingerprint density at radius 1 is 1.40 bits per heavy atom. The van der Waals surface area contributed by atoms with E-state index in [0.29, 0.717) is 17.6 Å². The number of carboxylic acids is 1. The van der Waals surface area contributed by atoms with Crippen molar-refractivity contribution in [3.05, 3.63) is 34.2 Å². The summed E-state index contributed by atoms with van der Waals surface area (Å²) in [5.41, 5.74) is 0.977. The van der Waals surface area contributed by atoms with Crippen LogP contribution in [-0.4, -0.2) is 20.6 Å². The summed E-state index contributed by atoms with van der Waals surface area (Å²) in [6.07, 6.45) is 0. The van der Waals surface area contributed by atoms with Crippen molar-refractivity contribution in [1.29, 1.82) is 0 Å². The molecule has 20 heavy (non-hydrogen) atoms. The number of carbonyl (C=O) groups is 1. The van der Waals surface area contributed by atoms with Gasteiger partial charge < -0.3 is 10.1 Å². The van der Waals surface area contributed by atoms with Gasteiger partial charge in [-0.1, -0.05) is 33.8 Å². The molecule has 5 heteroatoms. The fraction of sp³-hybridized carbons (Fsp3) is 0.467. The average molecular weight is 276 g/mol. The fourth-order valence-corrected chi connectivity index (χ4v) is 2.11. The summed E-state index contributed by atoms with van der Waals surface area (Å²) in [7, 11) is 0. The lowest BCUT2D eigenvalue weighted by atomic mass is 9.82. The number of H-pyrrole nitrogens is 1. The van der Waals surface area contributed by atoms with E-state index < -0.39 is 5.97 Å². The Labute approximate surface area is 117 Å². The number of imidazole rings is 1. The van der Waals surface area contributed by atoms with Crippen LogP contribution >= 0.6 is 0 Å². The van der Waals surface area contributed by atoms with Gasteiger partial charge in [-0.3, -0.25) is 4.57 Å². The van der Waals surface area contributed by atoms with Crippen molar-refractivity contribution in [3.8, 4) is 0 Å². The maximum Gasteiger partial charge on any atom is 0.337 e. The zero-order valence-corrected chi connectivity index (χ0v) is 12.2. The van der Waals surface area contributed by atoms with Crippen molar-refractivity contribution in [2.75, 3.05) is 0 Å². The molecule has 0 amide bonds. The summed E-state index contributed by atoms with van der Waals surface area (Å²) in [5.74, 6) is -0.784. The molecule has 2 N–H and O–H groups in total. The van der Waals surface area contributed by atoms with Crippen LogP contribution in [0.15, 0.2) is 23.0 Å². The molecule has 5 nitrogen and oxygen atoms in total. The summed E-state index contributed by atoms with van der Waals surface area (Å²) in [6, 6.07) is 4.89. The number of aromatic carboxylic acids is 1. The van der Waals surface area contributed by atoms with Crippen LogP contribution in [0.25, 0.3) is 11.0 Å². The Hall–Kier alpha value is -2.04. The van der Waals surface area contributed by atoms with Gasteiger partial charge in [0.2, 0.25) is 0 Å². The third kappa shape index (κ3) is 2.48. The normalized spacial score (nSPS) is 13.6. The molecule has 1 heterocycles. The number of nitrogens with one attached hydrogen (secondary N) is 1. The number of hydrogen-bond donors (Lipinski definition) is 2. The molecule has 1 aromatic heterocycles. The van der Waals surface area contributed by atoms with Gasteiger partial charge in [-0.05, 0) is 23.5 Å². The molecule has 1 atom stereocenters. The number of benzene rings is 1. The molecule has 2 aromatic rings. The lowest BCUT2D eigenvalue weighted by Crippen LogP contribution is -2.28. The molecule has 0 spiro atoms. The SMILES string of the molecule is CC(Cn1c(=O)[nH]c2cccc(C(=O)O)c21)C(C)(C)C. The van der Waals surface area contributed by atoms with Crippen LogP contribution < -0.4 is 5.69 Å². The number of fused-ring (bicyclic) bond motifs is 1. The van der Waals surface area contributed by atoms with Crippen LogP contribution in [0.2, 0.25) is 0 Å². The number of para-hydroxylation sites is 1. The minimum Gasteiger partial charge on any atom is -0.478 e. The maximum absolute atomic E-state index is 12.1. The van der Waals surface area contributed by atoms with Gasteiger partial charge in [0.25, 0.3) is 0 Å². The fourth-order valence-electron chi connectivity index (χ4n) is 2.11. The first-order valence-electron chi connectivity index (χ1n) is 6.66. The topological polar surface area (TPSA) is 75.1 Å². The first-order valence-corrected chi connectivity index (χ1v) is 6.66. The smallest absolute Gasteiger partial charge is 0.337 e. The molecule has 0 saturated heterocycles. The van der Waals surface area contributed by atoms with Crippen LogP contribution in [-0.2, 0) is 6.54 Å². The molecule has 0 aliphatic carbocycles. The molecule has 0 fully saturated rings. The van der Waals surface area contributed by atoms with E-state index in [1.807, 2.05) is 0 Å². The zero-order chi connectivity index (χ0) is 15.1. The summed E-state index contributed by atoms with van der Waals surface area (Å²) in [4.78, 5) is 26.1. The number of carboxylic acid groups (broad SMARTS) is 1. The lowest BCUT2D eigenvalue weighted by Gasteiger charge is -2.27. The predicted octanol–water partition coefficient (Wildman–Crippen LogP) is 2.71. The quantitative estimate of drug-likeness (QED) is 0.905. The summed E-state index contributed by atoms with van der Waals surface area (Å²) < 4.78 is 1.54. The van der Waals surface area contributed by atoms with Crippen LogP contribution in [0.5, 0.6) is 0 Å². The summed E-state index contributed by atoms with van der Waals surface area (Å²) >= 11 is 0. The molecule has 1 aromatic carbocycles. The average Bonchev–Trinajstić information content (AvgIpc) is 2.64. The predicted molar refractivity (Wildman–Crippen MR) is 78.1 cm³/mol. The monoisotopic (exact) mass is 276 g/mol. The highest BCUT2D eigenvalue weighted by Crippen LogP contribution is 2.27. The number of rotatable bonds is 3. The Bertz CT molecular complexity index is 704. The van der Waals surface area contributed by atoms with Gasteiger partial charge in [0.05, 0.1) is 16.6 Å². The summed E-state index contributed by atoms with van der Waals surface area (Å²) in [5, 5.41) is 9.28. The number of hydrogen-bond acceptors (Lipinski definition) is 2. The van der Waals surface area contributed by atoms with E-state index in [2.05, 4.69) is 32.7 Å². The minimum absolute atomic E-state index is 0.0429. The van der Waals surface area contributed by atoms with Crippen molar-refractivity contribution >= 4 is 17.0 Å². The van der Waals surface area contributed by atoms with Crippen molar-refractivity contribution < 1.29 is 9.90 Å². The van der Waals surface area contributed by atoms with Crippen molar-refractivity contribution in [3.63, 3.8) is 0 Å². The standard InChI is InChI=1S/C15H20N2O3/c1-9(15(2,3)4)8-17-12-10(13(18)19)6-5-7-11(12)16-14(17)20/h5-7,9H,8H2,1-4H3,(H,16,20)(H,18,19). The van der Waals surface area contributed by atoms with Crippen molar-refractivity contribution in [2.24, 2.45) is 11.3 Å². The Kier molecular flexibility index (Phi) is 3.46. The van der Waals surface area contributed by atoms with Gasteiger partial charge in [-0.25, -0.2) is 9.59 Å². The molecular formula is C15H20N2O3. The highest BCUT2D eigenvalue weighted by Gasteiger charge is 2.23. The van der Waals surface area contributed by atoms with Crippen LogP contribution in [0.3, 0.4) is 0 Å². The Balaban J connectivity index is 2.61. The number of aromatic amines is 1. The molecule has 0 bridgehead atoms. The number of aromatic nitrogens is 2. The van der Waals surface area contributed by atoms with Crippen molar-refractivity contribution in [1.82, 2.24) is 9.55 Å². The Morgan fingerprint density at radius 3 is 2.60 bits per heavy atom. The third-order valence-electron chi connectivity index (χ3n) is 3.96. The van der Waals surface area contributed by atoms with E-state index in [4.69, 9.17) is 0 Å². The molecular weight excluding hydrogens is 256 g/mol. The van der Waals surface area contributed by atoms with E-state index in [1.54, 1.807) is 12.1 Å². The second-order valence-corrected chi connectivity index (χ2v) is 6.31. The number of nitrogens with zero attached hydrogens (tertiary/aromatic N) is 1. The summed E-state index contributed by atoms with van der Waals surface area (Å²) in [6.45, 7) is 8.88. The van der Waals surface area contributed by atoms with Crippen LogP contribution in [0.4, 0.5) is 0 Å². The second kappa shape index (κ2) is 4.81. The first-order chi connectivity index (χ1) is 9.21. The molecule has 108 valence electrons. The highest BCUT2D eigenvalue weighted by atomic mass is 16.4. The lowest BCUT2D eigenvalue weighted by molar-refractivity contribution is 0.0698. The van der Waals surface area contributed by atoms with Gasteiger partial charge >= 0.3 is 11.7 Å². The maximum atomic E-state index is 12.1. The van der Waals surface area contributed by atoms with Gasteiger partial charge in [0, 0.05) is 6.54 Å². The molecule has 0 saturated carbocycles. The largest absolute Gasteiger partial charge is 0.478 e. The van der Waals surface area contributed by atoms with E-state index in [0.717, 1.165) is 0 Å². The Morgan fingerprint density at radius 2 is 2.05 bits per heavy atom. The van der Waals surface area contributed by atoms with Gasteiger partial charge in [0.1, 0.15) is 0 Å². The van der Waals surface area contributed by atoms with E-state index in [-0.39, 0.29) is 22.6 Å². The van der Waals surface area contributed by atoms with Gasteiger partial charge in [0.15, 0.2) is 0 Å². The minimum atomic E-state index is -1.02. The molecule has 0 aliphatic rings. The van der Waals surface area contributed by atoms with Crippen molar-refractivity contribution in [2.45, 2.75) is 34.2 Å². The molecule has 1 unspecified atom stereocenters. The van der Waals surface area contributed by atoms with E-state index in [9.17, 15) is 14.7 Å². The third-order valence-corrected chi connectivity index (χ3v) is 3.96. The molecule has 2 rings (SSSR count). The van der Waals surface area contributed by atoms with Gasteiger partial charge in [-0.15, -0.1) is 0 Å². The van der Waals surface area contributed by atoms with Gasteiger partial charge in [-0.2, -0.15) is 0 Å². The van der Waals surface area contributed by atoms with E-state index >= 15 is 0 Å². The second-order valence-electron chi connectivity index (χ2n) is 6.31. The molecule has 0 radical (unpaired) electrons. The first kappa shape index (κ1) is 14.4. The zero-order valence-electron chi connectivity index (χ0n) is 12.2. The van der Waals surface area contributed by atoms with Crippen LogP contribution in [0, 0.1) is 11.3 Å². The van der Waals surface area contributed by atoms with Crippen LogP contribution in [0.1, 0.15) is 38.1 Å². The highest BCUT2D eigenvalue weighted by molar-refractivity contribution is 6.01. The molecule has 0 aliphatic heterocycles. The van der Waals surface area contributed by atoms with E-state index in [1.165, 1.54) is 10.6 Å².